The lowest BCUT2D eigenvalue weighted by Gasteiger charge is -2.32. The molecule has 4 heteroatoms. The molecule has 0 aromatic heterocycles. The lowest BCUT2D eigenvalue weighted by atomic mass is 9.73. The molecule has 0 aliphatic heterocycles. The number of carbonyl (C=O) groups is 1. The molecule has 3 N–H and O–H groups in total. The maximum atomic E-state index is 12.8. The second-order valence-electron chi connectivity index (χ2n) is 4.62. The Morgan fingerprint density at radius 1 is 1.41 bits per heavy atom. The van der Waals surface area contributed by atoms with E-state index >= 15 is 0 Å². The number of benzene rings is 1. The largest absolute Gasteiger partial charge is 0.481 e. The van der Waals surface area contributed by atoms with Crippen LogP contribution in [0.25, 0.3) is 0 Å². The van der Waals surface area contributed by atoms with Gasteiger partial charge in [-0.25, -0.2) is 4.39 Å². The molecule has 0 fully saturated rings. The third kappa shape index (κ3) is 2.82. The van der Waals surface area contributed by atoms with Gasteiger partial charge in [-0.15, -0.1) is 0 Å². The van der Waals surface area contributed by atoms with Crippen LogP contribution in [0.1, 0.15) is 19.4 Å². The zero-order chi connectivity index (χ0) is 13.1. The molecular formula is C13H18FNO2. The Bertz CT molecular complexity index is 389. The van der Waals surface area contributed by atoms with Crippen molar-refractivity contribution in [2.24, 2.45) is 17.1 Å². The summed E-state index contributed by atoms with van der Waals surface area (Å²) in [4.78, 5) is 11.4. The summed E-state index contributed by atoms with van der Waals surface area (Å²) in [5.74, 6) is -1.32. The third-order valence-corrected chi connectivity index (χ3v) is 3.33. The summed E-state index contributed by atoms with van der Waals surface area (Å²) in [5, 5.41) is 9.36. The van der Waals surface area contributed by atoms with E-state index in [0.717, 1.165) is 5.56 Å². The second-order valence-corrected chi connectivity index (χ2v) is 4.62. The summed E-state index contributed by atoms with van der Waals surface area (Å²) >= 11 is 0. The van der Waals surface area contributed by atoms with Crippen molar-refractivity contribution in [3.8, 4) is 0 Å². The van der Waals surface area contributed by atoms with E-state index < -0.39 is 11.4 Å². The van der Waals surface area contributed by atoms with Crippen LogP contribution in [-0.2, 0) is 11.2 Å². The van der Waals surface area contributed by atoms with E-state index in [1.807, 2.05) is 13.8 Å². The molecule has 0 radical (unpaired) electrons. The molecule has 1 aromatic rings. The number of nitrogens with two attached hydrogens (primary N) is 1. The predicted octanol–water partition coefficient (Wildman–Crippen LogP) is 2.05. The molecule has 1 rings (SSSR count). The Morgan fingerprint density at radius 2 is 1.94 bits per heavy atom. The SMILES string of the molecule is CC(C)C(CN)(Cc1ccc(F)cc1)C(=O)O. The number of aliphatic carboxylic acids is 1. The fourth-order valence-corrected chi connectivity index (χ4v) is 1.89. The fraction of sp³-hybridized carbons (Fsp3) is 0.462. The van der Waals surface area contributed by atoms with Crippen LogP contribution in [0.3, 0.4) is 0 Å². The van der Waals surface area contributed by atoms with E-state index in [-0.39, 0.29) is 18.3 Å². The highest BCUT2D eigenvalue weighted by Crippen LogP contribution is 2.31. The van der Waals surface area contributed by atoms with Gasteiger partial charge in [0.05, 0.1) is 5.41 Å². The molecule has 17 heavy (non-hydrogen) atoms. The van der Waals surface area contributed by atoms with E-state index in [9.17, 15) is 14.3 Å². The van der Waals surface area contributed by atoms with Gasteiger partial charge in [-0.2, -0.15) is 0 Å². The Kier molecular flexibility index (Phi) is 4.23. The standard InChI is InChI=1S/C13H18FNO2/c1-9(2)13(8-15,12(16)17)7-10-3-5-11(14)6-4-10/h3-6,9H,7-8,15H2,1-2H3,(H,16,17). The van der Waals surface area contributed by atoms with E-state index in [1.165, 1.54) is 12.1 Å². The van der Waals surface area contributed by atoms with Gasteiger partial charge in [0.1, 0.15) is 5.82 Å². The van der Waals surface area contributed by atoms with Gasteiger partial charge in [0.15, 0.2) is 0 Å². The summed E-state index contributed by atoms with van der Waals surface area (Å²) in [5.41, 5.74) is 5.43. The third-order valence-electron chi connectivity index (χ3n) is 3.33. The Labute approximate surface area is 100 Å². The quantitative estimate of drug-likeness (QED) is 0.826. The Morgan fingerprint density at radius 3 is 2.29 bits per heavy atom. The first-order chi connectivity index (χ1) is 7.92. The minimum absolute atomic E-state index is 0.0668. The minimum atomic E-state index is -0.988. The molecule has 0 saturated carbocycles. The minimum Gasteiger partial charge on any atom is -0.481 e. The first kappa shape index (κ1) is 13.6. The number of carboxylic acid groups (broad SMARTS) is 1. The highest BCUT2D eigenvalue weighted by atomic mass is 19.1. The maximum Gasteiger partial charge on any atom is 0.311 e. The van der Waals surface area contributed by atoms with Crippen molar-refractivity contribution >= 4 is 5.97 Å². The van der Waals surface area contributed by atoms with Crippen molar-refractivity contribution in [1.29, 1.82) is 0 Å². The van der Waals surface area contributed by atoms with Gasteiger partial charge in [-0.1, -0.05) is 26.0 Å². The van der Waals surface area contributed by atoms with Crippen molar-refractivity contribution in [2.75, 3.05) is 6.54 Å². The van der Waals surface area contributed by atoms with Gasteiger partial charge < -0.3 is 10.8 Å². The smallest absolute Gasteiger partial charge is 0.311 e. The van der Waals surface area contributed by atoms with Gasteiger partial charge in [-0.3, -0.25) is 4.79 Å². The number of rotatable bonds is 5. The molecule has 1 unspecified atom stereocenters. The van der Waals surface area contributed by atoms with Crippen molar-refractivity contribution in [1.82, 2.24) is 0 Å². The molecule has 1 aromatic carbocycles. The maximum absolute atomic E-state index is 12.8. The molecule has 0 amide bonds. The van der Waals surface area contributed by atoms with Crippen LogP contribution in [0.5, 0.6) is 0 Å². The first-order valence-electron chi connectivity index (χ1n) is 5.60. The first-order valence-corrected chi connectivity index (χ1v) is 5.60. The van der Waals surface area contributed by atoms with Gasteiger partial charge in [0.25, 0.3) is 0 Å². The van der Waals surface area contributed by atoms with Crippen molar-refractivity contribution in [3.63, 3.8) is 0 Å². The molecule has 1 atom stereocenters. The van der Waals surface area contributed by atoms with E-state index in [2.05, 4.69) is 0 Å². The van der Waals surface area contributed by atoms with Gasteiger partial charge in [0, 0.05) is 6.54 Å². The zero-order valence-corrected chi connectivity index (χ0v) is 10.1. The summed E-state index contributed by atoms with van der Waals surface area (Å²) < 4.78 is 12.8. The van der Waals surface area contributed by atoms with Crippen LogP contribution in [-0.4, -0.2) is 17.6 Å². The monoisotopic (exact) mass is 239 g/mol. The highest BCUT2D eigenvalue weighted by Gasteiger charge is 2.40. The van der Waals surface area contributed by atoms with Crippen LogP contribution in [0.15, 0.2) is 24.3 Å². The molecule has 3 nitrogen and oxygen atoms in total. The Balaban J connectivity index is 3.01. The zero-order valence-electron chi connectivity index (χ0n) is 10.1. The predicted molar refractivity (Wildman–Crippen MR) is 64.1 cm³/mol. The molecule has 0 saturated heterocycles. The van der Waals surface area contributed by atoms with Crippen LogP contribution in [0, 0.1) is 17.2 Å². The lowest BCUT2D eigenvalue weighted by molar-refractivity contribution is -0.151. The fourth-order valence-electron chi connectivity index (χ4n) is 1.89. The van der Waals surface area contributed by atoms with Gasteiger partial charge >= 0.3 is 5.97 Å². The van der Waals surface area contributed by atoms with Crippen LogP contribution in [0.4, 0.5) is 4.39 Å². The average Bonchev–Trinajstić information content (AvgIpc) is 2.27. The van der Waals surface area contributed by atoms with Gasteiger partial charge in [-0.05, 0) is 30.0 Å². The van der Waals surface area contributed by atoms with Crippen LogP contribution >= 0.6 is 0 Å². The highest BCUT2D eigenvalue weighted by molar-refractivity contribution is 5.75. The summed E-state index contributed by atoms with van der Waals surface area (Å²) in [6.07, 6.45) is 0.316. The van der Waals surface area contributed by atoms with Crippen LogP contribution < -0.4 is 5.73 Å². The molecule has 0 aliphatic rings. The molecule has 94 valence electrons. The molecule has 0 bridgehead atoms. The summed E-state index contributed by atoms with van der Waals surface area (Å²) in [7, 11) is 0. The van der Waals surface area contributed by atoms with Crippen molar-refractivity contribution in [3.05, 3.63) is 35.6 Å². The molecular weight excluding hydrogens is 221 g/mol. The second kappa shape index (κ2) is 5.27. The summed E-state index contributed by atoms with van der Waals surface area (Å²) in [6.45, 7) is 3.74. The number of carboxylic acids is 1. The topological polar surface area (TPSA) is 63.3 Å². The van der Waals surface area contributed by atoms with Crippen molar-refractivity contribution < 1.29 is 14.3 Å². The normalized spacial score (nSPS) is 14.6. The average molecular weight is 239 g/mol. The van der Waals surface area contributed by atoms with E-state index in [1.54, 1.807) is 12.1 Å². The molecule has 0 aliphatic carbocycles. The number of hydrogen-bond donors (Lipinski definition) is 2. The Hall–Kier alpha value is -1.42. The lowest BCUT2D eigenvalue weighted by Crippen LogP contribution is -2.45. The molecule has 0 heterocycles. The van der Waals surface area contributed by atoms with Crippen LogP contribution in [0.2, 0.25) is 0 Å². The summed E-state index contributed by atoms with van der Waals surface area (Å²) in [6, 6.07) is 5.87. The van der Waals surface area contributed by atoms with Gasteiger partial charge in [0.2, 0.25) is 0 Å². The van der Waals surface area contributed by atoms with Crippen molar-refractivity contribution in [2.45, 2.75) is 20.3 Å². The van der Waals surface area contributed by atoms with E-state index in [4.69, 9.17) is 5.73 Å². The molecule has 0 spiro atoms. The van der Waals surface area contributed by atoms with E-state index in [0.29, 0.717) is 6.42 Å². The number of halogens is 1. The number of hydrogen-bond acceptors (Lipinski definition) is 2.